The lowest BCUT2D eigenvalue weighted by Gasteiger charge is -2.04. The Kier molecular flexibility index (Phi) is 4.64. The standard InChI is InChI=1S/C21H15FN6OS/c22-15-6-8-16(9-7-15)23-19(29)13-30-21-25-24-20-18-12-17(14-4-2-1-3-5-14)26-28(18)11-10-27(20)21/h1-12H,13H2,(H,23,29). The minimum atomic E-state index is -0.348. The summed E-state index contributed by atoms with van der Waals surface area (Å²) < 4.78 is 16.6. The van der Waals surface area contributed by atoms with Gasteiger partial charge in [-0.1, -0.05) is 42.1 Å². The van der Waals surface area contributed by atoms with Crippen LogP contribution >= 0.6 is 11.8 Å². The third-order valence-corrected chi connectivity index (χ3v) is 5.46. The number of carbonyl (C=O) groups is 1. The van der Waals surface area contributed by atoms with Gasteiger partial charge in [0.15, 0.2) is 10.8 Å². The number of hydrogen-bond acceptors (Lipinski definition) is 5. The Bertz CT molecular complexity index is 1350. The molecule has 3 aromatic heterocycles. The molecule has 1 amide bonds. The molecule has 9 heteroatoms. The van der Waals surface area contributed by atoms with E-state index >= 15 is 0 Å². The fraction of sp³-hybridized carbons (Fsp3) is 0.0476. The molecule has 5 rings (SSSR count). The average Bonchev–Trinajstić information content (AvgIpc) is 3.38. The smallest absolute Gasteiger partial charge is 0.234 e. The van der Waals surface area contributed by atoms with Crippen LogP contribution < -0.4 is 5.32 Å². The monoisotopic (exact) mass is 418 g/mol. The van der Waals surface area contributed by atoms with Crippen LogP contribution in [-0.2, 0) is 4.79 Å². The van der Waals surface area contributed by atoms with Crippen molar-refractivity contribution in [1.82, 2.24) is 24.2 Å². The summed E-state index contributed by atoms with van der Waals surface area (Å²) in [5.74, 6) is -0.406. The summed E-state index contributed by atoms with van der Waals surface area (Å²) in [6, 6.07) is 17.5. The fourth-order valence-electron chi connectivity index (χ4n) is 3.10. The second-order valence-electron chi connectivity index (χ2n) is 6.54. The van der Waals surface area contributed by atoms with E-state index in [2.05, 4.69) is 20.6 Å². The number of anilines is 1. The Morgan fingerprint density at radius 3 is 2.63 bits per heavy atom. The zero-order chi connectivity index (χ0) is 20.5. The van der Waals surface area contributed by atoms with E-state index in [1.807, 2.05) is 53.2 Å². The number of halogens is 1. The Hall–Kier alpha value is -3.72. The molecule has 3 heterocycles. The lowest BCUT2D eigenvalue weighted by molar-refractivity contribution is -0.113. The van der Waals surface area contributed by atoms with Gasteiger partial charge in [0.25, 0.3) is 0 Å². The number of carbonyl (C=O) groups excluding carboxylic acids is 1. The van der Waals surface area contributed by atoms with Crippen LogP contribution in [0.2, 0.25) is 0 Å². The number of fused-ring (bicyclic) bond motifs is 3. The number of benzene rings is 2. The van der Waals surface area contributed by atoms with Crippen LogP contribution in [0.25, 0.3) is 22.4 Å². The number of aromatic nitrogens is 5. The second-order valence-corrected chi connectivity index (χ2v) is 7.49. The molecule has 0 aliphatic heterocycles. The molecule has 0 saturated heterocycles. The van der Waals surface area contributed by atoms with Crippen LogP contribution in [0.3, 0.4) is 0 Å². The zero-order valence-corrected chi connectivity index (χ0v) is 16.4. The van der Waals surface area contributed by atoms with Gasteiger partial charge in [0.05, 0.1) is 11.4 Å². The van der Waals surface area contributed by atoms with Crippen molar-refractivity contribution in [2.24, 2.45) is 0 Å². The first-order valence-electron chi connectivity index (χ1n) is 9.14. The zero-order valence-electron chi connectivity index (χ0n) is 15.6. The van der Waals surface area contributed by atoms with Crippen LogP contribution in [0, 0.1) is 5.82 Å². The van der Waals surface area contributed by atoms with Gasteiger partial charge < -0.3 is 5.32 Å². The number of nitrogens with zero attached hydrogens (tertiary/aromatic N) is 5. The van der Waals surface area contributed by atoms with Crippen LogP contribution in [0.4, 0.5) is 10.1 Å². The Morgan fingerprint density at radius 1 is 1.03 bits per heavy atom. The summed E-state index contributed by atoms with van der Waals surface area (Å²) in [6.45, 7) is 0. The van der Waals surface area contributed by atoms with Crippen molar-refractivity contribution in [2.45, 2.75) is 5.16 Å². The molecule has 0 bridgehead atoms. The van der Waals surface area contributed by atoms with Crippen LogP contribution in [0.5, 0.6) is 0 Å². The lowest BCUT2D eigenvalue weighted by atomic mass is 10.1. The largest absolute Gasteiger partial charge is 0.325 e. The predicted octanol–water partition coefficient (Wildman–Crippen LogP) is 3.91. The molecule has 0 aliphatic carbocycles. The van der Waals surface area contributed by atoms with E-state index < -0.39 is 0 Å². The number of thioether (sulfide) groups is 1. The first-order valence-corrected chi connectivity index (χ1v) is 10.1. The van der Waals surface area contributed by atoms with E-state index in [0.717, 1.165) is 16.8 Å². The summed E-state index contributed by atoms with van der Waals surface area (Å²) in [6.07, 6.45) is 3.66. The highest BCUT2D eigenvalue weighted by molar-refractivity contribution is 7.99. The van der Waals surface area contributed by atoms with E-state index in [1.165, 1.54) is 36.0 Å². The van der Waals surface area contributed by atoms with Crippen LogP contribution in [-0.4, -0.2) is 35.9 Å². The van der Waals surface area contributed by atoms with Gasteiger partial charge in [0.2, 0.25) is 5.91 Å². The van der Waals surface area contributed by atoms with Gasteiger partial charge in [-0.25, -0.2) is 8.91 Å². The molecule has 2 aromatic carbocycles. The normalized spacial score (nSPS) is 11.2. The molecule has 0 atom stereocenters. The van der Waals surface area contributed by atoms with Gasteiger partial charge in [-0.3, -0.25) is 9.20 Å². The van der Waals surface area contributed by atoms with E-state index in [1.54, 1.807) is 4.52 Å². The molecule has 0 spiro atoms. The highest BCUT2D eigenvalue weighted by Crippen LogP contribution is 2.24. The second kappa shape index (κ2) is 7.60. The predicted molar refractivity (Wildman–Crippen MR) is 113 cm³/mol. The molecule has 0 fully saturated rings. The number of hydrogen-bond donors (Lipinski definition) is 1. The Balaban J connectivity index is 1.36. The van der Waals surface area contributed by atoms with E-state index in [0.29, 0.717) is 16.5 Å². The molecule has 0 radical (unpaired) electrons. The number of rotatable bonds is 5. The SMILES string of the molecule is O=C(CSc1nnc2c3cc(-c4ccccc4)nn3ccn12)Nc1ccc(F)cc1. The van der Waals surface area contributed by atoms with Crippen molar-refractivity contribution in [3.8, 4) is 11.3 Å². The maximum Gasteiger partial charge on any atom is 0.234 e. The number of amides is 1. The molecule has 1 N–H and O–H groups in total. The average molecular weight is 418 g/mol. The van der Waals surface area contributed by atoms with Gasteiger partial charge >= 0.3 is 0 Å². The maximum absolute atomic E-state index is 13.0. The summed E-state index contributed by atoms with van der Waals surface area (Å²) in [5.41, 5.74) is 3.90. The molecule has 30 heavy (non-hydrogen) atoms. The summed E-state index contributed by atoms with van der Waals surface area (Å²) in [5, 5.41) is 16.4. The van der Waals surface area contributed by atoms with Crippen LogP contribution in [0.15, 0.2) is 78.2 Å². The highest BCUT2D eigenvalue weighted by Gasteiger charge is 2.14. The molecule has 0 aliphatic rings. The first-order chi connectivity index (χ1) is 14.7. The Morgan fingerprint density at radius 2 is 1.83 bits per heavy atom. The van der Waals surface area contributed by atoms with Gasteiger partial charge in [-0.15, -0.1) is 10.2 Å². The molecule has 5 aromatic rings. The van der Waals surface area contributed by atoms with Crippen molar-refractivity contribution in [3.63, 3.8) is 0 Å². The lowest BCUT2D eigenvalue weighted by Crippen LogP contribution is -2.14. The maximum atomic E-state index is 13.0. The third-order valence-electron chi connectivity index (χ3n) is 4.52. The fourth-order valence-corrected chi connectivity index (χ4v) is 3.82. The van der Waals surface area contributed by atoms with Crippen molar-refractivity contribution >= 4 is 34.5 Å². The molecule has 0 saturated carbocycles. The number of nitrogens with one attached hydrogen (secondary N) is 1. The first kappa shape index (κ1) is 18.3. The summed E-state index contributed by atoms with van der Waals surface area (Å²) in [7, 11) is 0. The van der Waals surface area contributed by atoms with Crippen molar-refractivity contribution in [2.75, 3.05) is 11.1 Å². The molecular weight excluding hydrogens is 403 g/mol. The quantitative estimate of drug-likeness (QED) is 0.438. The van der Waals surface area contributed by atoms with Gasteiger partial charge in [0, 0.05) is 23.6 Å². The summed E-state index contributed by atoms with van der Waals surface area (Å²) >= 11 is 1.27. The summed E-state index contributed by atoms with van der Waals surface area (Å²) in [4.78, 5) is 12.2. The highest BCUT2D eigenvalue weighted by atomic mass is 32.2. The van der Waals surface area contributed by atoms with E-state index in [4.69, 9.17) is 0 Å². The topological polar surface area (TPSA) is 76.6 Å². The van der Waals surface area contributed by atoms with Crippen molar-refractivity contribution < 1.29 is 9.18 Å². The van der Waals surface area contributed by atoms with Gasteiger partial charge in [-0.05, 0) is 30.3 Å². The minimum absolute atomic E-state index is 0.151. The molecule has 7 nitrogen and oxygen atoms in total. The molecular formula is C21H15FN6OS. The minimum Gasteiger partial charge on any atom is -0.325 e. The third kappa shape index (κ3) is 3.50. The van der Waals surface area contributed by atoms with Crippen molar-refractivity contribution in [1.29, 1.82) is 0 Å². The molecule has 148 valence electrons. The Labute approximate surface area is 174 Å². The van der Waals surface area contributed by atoms with E-state index in [-0.39, 0.29) is 17.5 Å². The van der Waals surface area contributed by atoms with E-state index in [9.17, 15) is 9.18 Å². The molecule has 0 unspecified atom stereocenters. The van der Waals surface area contributed by atoms with Crippen LogP contribution in [0.1, 0.15) is 0 Å². The van der Waals surface area contributed by atoms with Gasteiger partial charge in [0.1, 0.15) is 11.3 Å². The van der Waals surface area contributed by atoms with Gasteiger partial charge in [-0.2, -0.15) is 5.10 Å². The van der Waals surface area contributed by atoms with Crippen molar-refractivity contribution in [3.05, 3.63) is 78.9 Å².